The summed E-state index contributed by atoms with van der Waals surface area (Å²) in [7, 11) is 0. The van der Waals surface area contributed by atoms with Crippen molar-refractivity contribution in [3.05, 3.63) is 35.9 Å². The number of nitrogens with zero attached hydrogens (tertiary/aromatic N) is 1. The molecule has 20 heavy (non-hydrogen) atoms. The zero-order valence-corrected chi connectivity index (χ0v) is 12.8. The lowest BCUT2D eigenvalue weighted by Crippen LogP contribution is -2.49. The molecular formula is C18H28N2. The molecule has 3 rings (SSSR count). The van der Waals surface area contributed by atoms with E-state index in [1.165, 1.54) is 37.7 Å². The molecular weight excluding hydrogens is 244 g/mol. The van der Waals surface area contributed by atoms with Crippen LogP contribution in [-0.2, 0) is 0 Å². The lowest BCUT2D eigenvalue weighted by atomic mass is 9.89. The predicted octanol–water partition coefficient (Wildman–Crippen LogP) is 3.73. The molecule has 2 aliphatic heterocycles. The van der Waals surface area contributed by atoms with E-state index >= 15 is 0 Å². The zero-order chi connectivity index (χ0) is 14.1. The highest BCUT2D eigenvalue weighted by Gasteiger charge is 2.43. The summed E-state index contributed by atoms with van der Waals surface area (Å²) in [6.45, 7) is 4.68. The minimum atomic E-state index is 0.430. The molecule has 2 heterocycles. The Morgan fingerprint density at radius 2 is 1.70 bits per heavy atom. The molecule has 2 bridgehead atoms. The molecule has 0 amide bonds. The standard InChI is InChI=1S/C18H28N2/c1-13(2)10-18(14-6-4-3-5-7-14)20-16-8-9-17(20)12-15(19)11-16/h3-7,13,15-18H,8-12,19H2,1-2H3. The highest BCUT2D eigenvalue weighted by Crippen LogP contribution is 2.43. The molecule has 0 saturated carbocycles. The first-order valence-corrected chi connectivity index (χ1v) is 8.23. The summed E-state index contributed by atoms with van der Waals surface area (Å²) in [5.41, 5.74) is 7.73. The van der Waals surface area contributed by atoms with Gasteiger partial charge in [-0.1, -0.05) is 44.2 Å². The molecule has 3 unspecified atom stereocenters. The molecule has 110 valence electrons. The maximum absolute atomic E-state index is 6.23. The minimum absolute atomic E-state index is 0.430. The van der Waals surface area contributed by atoms with Crippen LogP contribution in [0.4, 0.5) is 0 Å². The number of piperidine rings is 1. The van der Waals surface area contributed by atoms with Crippen molar-refractivity contribution >= 4 is 0 Å². The zero-order valence-electron chi connectivity index (χ0n) is 12.8. The first-order valence-electron chi connectivity index (χ1n) is 8.23. The highest BCUT2D eigenvalue weighted by atomic mass is 15.3. The van der Waals surface area contributed by atoms with Crippen LogP contribution in [0.25, 0.3) is 0 Å². The van der Waals surface area contributed by atoms with Crippen molar-refractivity contribution in [2.45, 2.75) is 70.1 Å². The van der Waals surface area contributed by atoms with E-state index in [9.17, 15) is 0 Å². The van der Waals surface area contributed by atoms with Gasteiger partial charge in [-0.2, -0.15) is 0 Å². The van der Waals surface area contributed by atoms with E-state index < -0.39 is 0 Å². The van der Waals surface area contributed by atoms with E-state index in [1.54, 1.807) is 0 Å². The minimum Gasteiger partial charge on any atom is -0.328 e. The third kappa shape index (κ3) is 2.77. The van der Waals surface area contributed by atoms with Crippen molar-refractivity contribution in [2.75, 3.05) is 0 Å². The first-order chi connectivity index (χ1) is 9.65. The summed E-state index contributed by atoms with van der Waals surface area (Å²) in [6.07, 6.45) is 6.34. The number of nitrogens with two attached hydrogens (primary N) is 1. The van der Waals surface area contributed by atoms with E-state index in [2.05, 4.69) is 49.1 Å². The summed E-state index contributed by atoms with van der Waals surface area (Å²) >= 11 is 0. The van der Waals surface area contributed by atoms with Gasteiger partial charge in [0, 0.05) is 24.2 Å². The molecule has 2 N–H and O–H groups in total. The Morgan fingerprint density at radius 3 is 2.25 bits per heavy atom. The van der Waals surface area contributed by atoms with Gasteiger partial charge in [0.1, 0.15) is 0 Å². The van der Waals surface area contributed by atoms with Gasteiger partial charge in [-0.25, -0.2) is 0 Å². The van der Waals surface area contributed by atoms with Crippen LogP contribution in [0.3, 0.4) is 0 Å². The molecule has 1 aromatic carbocycles. The van der Waals surface area contributed by atoms with Crippen molar-refractivity contribution in [3.8, 4) is 0 Å². The molecule has 2 heteroatoms. The van der Waals surface area contributed by atoms with Gasteiger partial charge in [0.05, 0.1) is 0 Å². The molecule has 0 radical (unpaired) electrons. The van der Waals surface area contributed by atoms with Crippen LogP contribution in [0.5, 0.6) is 0 Å². The Bertz CT molecular complexity index is 414. The summed E-state index contributed by atoms with van der Waals surface area (Å²) in [5, 5.41) is 0. The smallest absolute Gasteiger partial charge is 0.0356 e. The lowest BCUT2D eigenvalue weighted by Gasteiger charge is -2.43. The highest BCUT2D eigenvalue weighted by molar-refractivity contribution is 5.21. The van der Waals surface area contributed by atoms with Gasteiger partial charge < -0.3 is 5.73 Å². The second-order valence-corrected chi connectivity index (χ2v) is 7.12. The Kier molecular flexibility index (Phi) is 4.13. The maximum Gasteiger partial charge on any atom is 0.0356 e. The Labute approximate surface area is 123 Å². The fourth-order valence-corrected chi connectivity index (χ4v) is 4.32. The molecule has 0 aromatic heterocycles. The van der Waals surface area contributed by atoms with Gasteiger partial charge in [-0.15, -0.1) is 0 Å². The molecule has 2 saturated heterocycles. The first kappa shape index (κ1) is 14.1. The second kappa shape index (κ2) is 5.87. The van der Waals surface area contributed by atoms with Crippen LogP contribution >= 0.6 is 0 Å². The molecule has 2 nitrogen and oxygen atoms in total. The monoisotopic (exact) mass is 272 g/mol. The summed E-state index contributed by atoms with van der Waals surface area (Å²) in [5.74, 6) is 0.732. The average Bonchev–Trinajstić information content (AvgIpc) is 2.68. The van der Waals surface area contributed by atoms with Crippen LogP contribution in [0.1, 0.15) is 57.6 Å². The Hall–Kier alpha value is -0.860. The van der Waals surface area contributed by atoms with Crippen LogP contribution < -0.4 is 5.73 Å². The van der Waals surface area contributed by atoms with Crippen LogP contribution in [0.2, 0.25) is 0 Å². The molecule has 1 aromatic rings. The van der Waals surface area contributed by atoms with Crippen molar-refractivity contribution in [1.29, 1.82) is 0 Å². The van der Waals surface area contributed by atoms with Crippen LogP contribution in [-0.4, -0.2) is 23.0 Å². The molecule has 0 spiro atoms. The maximum atomic E-state index is 6.23. The number of hydrogen-bond donors (Lipinski definition) is 1. The fourth-order valence-electron chi connectivity index (χ4n) is 4.32. The predicted molar refractivity (Wildman–Crippen MR) is 84.5 cm³/mol. The quantitative estimate of drug-likeness (QED) is 0.905. The summed E-state index contributed by atoms with van der Waals surface area (Å²) < 4.78 is 0. The van der Waals surface area contributed by atoms with Crippen molar-refractivity contribution in [3.63, 3.8) is 0 Å². The number of benzene rings is 1. The Balaban J connectivity index is 1.86. The second-order valence-electron chi connectivity index (χ2n) is 7.12. The number of rotatable bonds is 4. The van der Waals surface area contributed by atoms with Crippen LogP contribution in [0, 0.1) is 5.92 Å². The SMILES string of the molecule is CC(C)CC(c1ccccc1)N1C2CCC1CC(N)C2. The molecule has 2 fully saturated rings. The fraction of sp³-hybridized carbons (Fsp3) is 0.667. The lowest BCUT2D eigenvalue weighted by molar-refractivity contribution is 0.0658. The van der Waals surface area contributed by atoms with E-state index in [0.29, 0.717) is 24.2 Å². The van der Waals surface area contributed by atoms with Gasteiger partial charge in [0.25, 0.3) is 0 Å². The van der Waals surface area contributed by atoms with Crippen molar-refractivity contribution in [2.24, 2.45) is 11.7 Å². The van der Waals surface area contributed by atoms with Crippen molar-refractivity contribution < 1.29 is 0 Å². The van der Waals surface area contributed by atoms with Gasteiger partial charge in [0.2, 0.25) is 0 Å². The van der Waals surface area contributed by atoms with Gasteiger partial charge in [-0.05, 0) is 43.6 Å². The van der Waals surface area contributed by atoms with E-state index in [0.717, 1.165) is 5.92 Å². The van der Waals surface area contributed by atoms with E-state index in [1.807, 2.05) is 0 Å². The van der Waals surface area contributed by atoms with Gasteiger partial charge >= 0.3 is 0 Å². The van der Waals surface area contributed by atoms with Gasteiger partial charge in [-0.3, -0.25) is 4.90 Å². The largest absolute Gasteiger partial charge is 0.328 e. The van der Waals surface area contributed by atoms with Gasteiger partial charge in [0.15, 0.2) is 0 Å². The molecule has 0 aliphatic carbocycles. The topological polar surface area (TPSA) is 29.3 Å². The normalized spacial score (nSPS) is 31.7. The van der Waals surface area contributed by atoms with Crippen molar-refractivity contribution in [1.82, 2.24) is 4.90 Å². The van der Waals surface area contributed by atoms with E-state index in [4.69, 9.17) is 5.73 Å². The Morgan fingerprint density at radius 1 is 1.10 bits per heavy atom. The number of hydrogen-bond acceptors (Lipinski definition) is 2. The summed E-state index contributed by atoms with van der Waals surface area (Å²) in [6, 6.07) is 13.5. The van der Waals surface area contributed by atoms with Crippen LogP contribution in [0.15, 0.2) is 30.3 Å². The van der Waals surface area contributed by atoms with E-state index in [-0.39, 0.29) is 0 Å². The average molecular weight is 272 g/mol. The third-order valence-electron chi connectivity index (χ3n) is 5.06. The summed E-state index contributed by atoms with van der Waals surface area (Å²) in [4.78, 5) is 2.82. The third-order valence-corrected chi connectivity index (χ3v) is 5.06. The number of fused-ring (bicyclic) bond motifs is 2. The molecule has 3 atom stereocenters. The molecule has 2 aliphatic rings.